The molecule has 0 radical (unpaired) electrons. The zero-order chi connectivity index (χ0) is 23.1. The molecule has 0 atom stereocenters. The average Bonchev–Trinajstić information content (AvgIpc) is 3.40. The van der Waals surface area contributed by atoms with Gasteiger partial charge in [0.2, 0.25) is 0 Å². The minimum absolute atomic E-state index is 0.0653. The van der Waals surface area contributed by atoms with Crippen molar-refractivity contribution < 1.29 is 9.53 Å². The zero-order valence-corrected chi connectivity index (χ0v) is 19.4. The van der Waals surface area contributed by atoms with Gasteiger partial charge < -0.3 is 19.5 Å². The van der Waals surface area contributed by atoms with Crippen molar-refractivity contribution >= 4 is 17.5 Å². The predicted molar refractivity (Wildman–Crippen MR) is 124 cm³/mol. The lowest BCUT2D eigenvalue weighted by Gasteiger charge is -2.24. The maximum absolute atomic E-state index is 13.5. The summed E-state index contributed by atoms with van der Waals surface area (Å²) < 4.78 is 7.49. The van der Waals surface area contributed by atoms with Gasteiger partial charge >= 0.3 is 0 Å². The van der Waals surface area contributed by atoms with Crippen LogP contribution in [0.1, 0.15) is 41.3 Å². The van der Waals surface area contributed by atoms with Crippen LogP contribution in [0.3, 0.4) is 0 Å². The summed E-state index contributed by atoms with van der Waals surface area (Å²) in [6.45, 7) is 6.98. The van der Waals surface area contributed by atoms with Crippen molar-refractivity contribution in [1.29, 1.82) is 0 Å². The van der Waals surface area contributed by atoms with Crippen LogP contribution in [0.4, 0.5) is 11.6 Å². The first-order valence-electron chi connectivity index (χ1n) is 11.2. The molecular weight excluding hydrogens is 420 g/mol. The van der Waals surface area contributed by atoms with Crippen LogP contribution in [0.5, 0.6) is 0 Å². The molecule has 0 bridgehead atoms. The van der Waals surface area contributed by atoms with Crippen LogP contribution in [-0.4, -0.2) is 57.4 Å². The summed E-state index contributed by atoms with van der Waals surface area (Å²) in [5, 5.41) is 11.7. The van der Waals surface area contributed by atoms with E-state index in [4.69, 9.17) is 14.7 Å². The predicted octanol–water partition coefficient (Wildman–Crippen LogP) is 1.99. The normalized spacial score (nSPS) is 15.2. The first-order chi connectivity index (χ1) is 16.0. The zero-order valence-electron chi connectivity index (χ0n) is 19.4. The molecule has 1 N–H and O–H groups in total. The quantitative estimate of drug-likeness (QED) is 0.611. The third kappa shape index (κ3) is 3.75. The first-order valence-corrected chi connectivity index (χ1v) is 11.2. The minimum atomic E-state index is -0.0653. The first kappa shape index (κ1) is 21.5. The Hall–Kier alpha value is -3.37. The molecule has 172 valence electrons. The van der Waals surface area contributed by atoms with Gasteiger partial charge in [-0.3, -0.25) is 9.69 Å². The van der Waals surface area contributed by atoms with Crippen LogP contribution in [0, 0.1) is 0 Å². The van der Waals surface area contributed by atoms with Gasteiger partial charge in [-0.15, -0.1) is 10.2 Å². The highest BCUT2D eigenvalue weighted by Crippen LogP contribution is 2.32. The van der Waals surface area contributed by atoms with Crippen molar-refractivity contribution in [3.8, 4) is 11.5 Å². The highest BCUT2D eigenvalue weighted by Gasteiger charge is 2.33. The second-order valence-electron chi connectivity index (χ2n) is 8.60. The second-order valence-corrected chi connectivity index (χ2v) is 8.60. The lowest BCUT2D eigenvalue weighted by molar-refractivity contribution is 0.0820. The molecule has 0 aliphatic carbocycles. The van der Waals surface area contributed by atoms with E-state index in [0.717, 1.165) is 22.9 Å². The number of fused-ring (bicyclic) bond motifs is 2. The number of ether oxygens (including phenoxy) is 1. The molecule has 0 saturated heterocycles. The monoisotopic (exact) mass is 448 g/mol. The van der Waals surface area contributed by atoms with Crippen molar-refractivity contribution in [2.45, 2.75) is 46.1 Å². The van der Waals surface area contributed by atoms with Crippen molar-refractivity contribution in [2.75, 3.05) is 30.5 Å². The smallest absolute Gasteiger partial charge is 0.260 e. The number of nitrogens with zero attached hydrogens (tertiary/aromatic N) is 7. The lowest BCUT2D eigenvalue weighted by atomic mass is 10.1. The topological polar surface area (TPSA) is 101 Å². The Bertz CT molecular complexity index is 1210. The van der Waals surface area contributed by atoms with E-state index in [1.165, 1.54) is 0 Å². The summed E-state index contributed by atoms with van der Waals surface area (Å²) in [6.07, 6.45) is 0. The number of carbonyl (C=O) groups excluding carboxylic acids is 1. The molecule has 1 amide bonds. The van der Waals surface area contributed by atoms with E-state index in [1.54, 1.807) is 4.90 Å². The third-order valence-electron chi connectivity index (χ3n) is 6.23. The van der Waals surface area contributed by atoms with E-state index < -0.39 is 0 Å². The van der Waals surface area contributed by atoms with Crippen LogP contribution >= 0.6 is 0 Å². The molecule has 0 aromatic carbocycles. The van der Waals surface area contributed by atoms with E-state index in [-0.39, 0.29) is 11.9 Å². The minimum Gasteiger partial charge on any atom is -0.372 e. The third-order valence-corrected chi connectivity index (χ3v) is 6.23. The molecule has 2 aliphatic heterocycles. The van der Waals surface area contributed by atoms with Gasteiger partial charge in [0, 0.05) is 31.7 Å². The van der Waals surface area contributed by atoms with Crippen molar-refractivity contribution in [3.63, 3.8) is 0 Å². The molecule has 5 rings (SSSR count). The number of amides is 1. The van der Waals surface area contributed by atoms with E-state index in [9.17, 15) is 4.79 Å². The van der Waals surface area contributed by atoms with Gasteiger partial charge in [-0.05, 0) is 39.1 Å². The Morgan fingerprint density at radius 2 is 2.09 bits per heavy atom. The van der Waals surface area contributed by atoms with E-state index in [1.807, 2.05) is 42.9 Å². The molecule has 0 fully saturated rings. The summed E-state index contributed by atoms with van der Waals surface area (Å²) in [5.74, 6) is 2.80. The molecule has 3 aromatic rings. The highest BCUT2D eigenvalue weighted by molar-refractivity contribution is 6.10. The van der Waals surface area contributed by atoms with Crippen LogP contribution in [0.25, 0.3) is 11.5 Å². The van der Waals surface area contributed by atoms with Gasteiger partial charge in [-0.2, -0.15) is 0 Å². The van der Waals surface area contributed by atoms with Crippen molar-refractivity contribution in [2.24, 2.45) is 0 Å². The fourth-order valence-corrected chi connectivity index (χ4v) is 4.18. The maximum Gasteiger partial charge on any atom is 0.260 e. The number of aromatic nitrogens is 5. The fourth-order valence-electron chi connectivity index (χ4n) is 4.18. The van der Waals surface area contributed by atoms with Gasteiger partial charge in [0.1, 0.15) is 23.9 Å². The van der Waals surface area contributed by atoms with E-state index in [0.29, 0.717) is 55.7 Å². The number of anilines is 2. The summed E-state index contributed by atoms with van der Waals surface area (Å²) in [7, 11) is 3.88. The molecule has 0 spiro atoms. The molecule has 10 heteroatoms. The van der Waals surface area contributed by atoms with E-state index in [2.05, 4.69) is 34.3 Å². The number of hydrogen-bond donors (Lipinski definition) is 1. The second kappa shape index (κ2) is 8.53. The number of rotatable bonds is 6. The maximum atomic E-state index is 13.5. The van der Waals surface area contributed by atoms with Crippen molar-refractivity contribution in [3.05, 3.63) is 46.9 Å². The average molecular weight is 449 g/mol. The lowest BCUT2D eigenvalue weighted by Crippen LogP contribution is -2.27. The summed E-state index contributed by atoms with van der Waals surface area (Å²) >= 11 is 0. The SMILES string of the molecule is CNCc1nc(N(C)C(C)C)cc2c1CN(c1cccc(-c3nnc4n3CCOC4)n1)C2=O. The molecule has 0 saturated carbocycles. The van der Waals surface area contributed by atoms with Gasteiger partial charge in [-0.25, -0.2) is 9.97 Å². The standard InChI is InChI=1S/C23H28N8O2/c1-14(2)29(4)20-10-15-16(18(26-20)11-24-3)12-31(23(15)32)19-7-5-6-17(25-19)22-28-27-21-13-33-9-8-30(21)22/h5-7,10,14,24H,8-9,11-13H2,1-4H3. The Balaban J connectivity index is 1.51. The molecule has 10 nitrogen and oxygen atoms in total. The summed E-state index contributed by atoms with van der Waals surface area (Å²) in [5.41, 5.74) is 3.20. The molecule has 33 heavy (non-hydrogen) atoms. The van der Waals surface area contributed by atoms with E-state index >= 15 is 0 Å². The van der Waals surface area contributed by atoms with Gasteiger partial charge in [-0.1, -0.05) is 6.07 Å². The summed E-state index contributed by atoms with van der Waals surface area (Å²) in [4.78, 5) is 26.9. The largest absolute Gasteiger partial charge is 0.372 e. The fraction of sp³-hybridized carbons (Fsp3) is 0.435. The number of carbonyl (C=O) groups is 1. The number of hydrogen-bond acceptors (Lipinski definition) is 8. The van der Waals surface area contributed by atoms with Gasteiger partial charge in [0.05, 0.1) is 24.4 Å². The van der Waals surface area contributed by atoms with Gasteiger partial charge in [0.25, 0.3) is 5.91 Å². The molecule has 0 unspecified atom stereocenters. The van der Waals surface area contributed by atoms with Crippen LogP contribution in [-0.2, 0) is 31.0 Å². The molecular formula is C23H28N8O2. The van der Waals surface area contributed by atoms with Gasteiger partial charge in [0.15, 0.2) is 11.6 Å². The summed E-state index contributed by atoms with van der Waals surface area (Å²) in [6, 6.07) is 7.82. The Labute approximate surface area is 192 Å². The Kier molecular flexibility index (Phi) is 5.55. The number of nitrogens with one attached hydrogen (secondary N) is 1. The number of pyridine rings is 2. The van der Waals surface area contributed by atoms with Crippen molar-refractivity contribution in [1.82, 2.24) is 30.0 Å². The molecule has 3 aromatic heterocycles. The Morgan fingerprint density at radius 1 is 1.24 bits per heavy atom. The Morgan fingerprint density at radius 3 is 2.88 bits per heavy atom. The van der Waals surface area contributed by atoms with Crippen LogP contribution < -0.4 is 15.1 Å². The molecule has 2 aliphatic rings. The highest BCUT2D eigenvalue weighted by atomic mass is 16.5. The van der Waals surface area contributed by atoms with Crippen LogP contribution in [0.2, 0.25) is 0 Å². The van der Waals surface area contributed by atoms with Crippen LogP contribution in [0.15, 0.2) is 24.3 Å². The molecule has 5 heterocycles.